The summed E-state index contributed by atoms with van der Waals surface area (Å²) in [6.07, 6.45) is 0. The van der Waals surface area contributed by atoms with E-state index < -0.39 is 22.0 Å². The monoisotopic (exact) mass is 498 g/mol. The molecule has 0 aromatic heterocycles. The van der Waals surface area contributed by atoms with Crippen molar-refractivity contribution < 1.29 is 23.1 Å². The van der Waals surface area contributed by atoms with Crippen molar-refractivity contribution in [3.05, 3.63) is 82.9 Å². The molecule has 1 unspecified atom stereocenters. The largest absolute Gasteiger partial charge is 0.480 e. The number of nitrogens with zero attached hydrogens (tertiary/aromatic N) is 1. The lowest BCUT2D eigenvalue weighted by Crippen LogP contribution is -2.44. The molecule has 1 aliphatic rings. The molecule has 9 heteroatoms. The van der Waals surface area contributed by atoms with E-state index in [4.69, 9.17) is 11.6 Å². The predicted molar refractivity (Wildman–Crippen MR) is 130 cm³/mol. The number of carboxylic acids is 1. The van der Waals surface area contributed by atoms with Crippen LogP contribution in [0.3, 0.4) is 0 Å². The number of hydrogen-bond donors (Lipinski definition) is 2. The molecular weight excluding hydrogens is 476 g/mol. The van der Waals surface area contributed by atoms with Crippen molar-refractivity contribution in [1.82, 2.24) is 4.90 Å². The fourth-order valence-electron chi connectivity index (χ4n) is 4.09. The highest BCUT2D eigenvalue weighted by atomic mass is 35.5. The van der Waals surface area contributed by atoms with Gasteiger partial charge in [0.25, 0.3) is 15.9 Å². The first-order valence-corrected chi connectivity index (χ1v) is 12.5. The third-order valence-corrected chi connectivity index (χ3v) is 7.35. The van der Waals surface area contributed by atoms with Gasteiger partial charge in [-0.15, -0.1) is 0 Å². The highest BCUT2D eigenvalue weighted by Gasteiger charge is 2.38. The van der Waals surface area contributed by atoms with Crippen LogP contribution in [-0.4, -0.2) is 36.3 Å². The molecule has 1 heterocycles. The van der Waals surface area contributed by atoms with Crippen LogP contribution in [-0.2, 0) is 21.4 Å². The summed E-state index contributed by atoms with van der Waals surface area (Å²) in [5.41, 5.74) is 3.21. The second kappa shape index (κ2) is 9.12. The number of carbonyl (C=O) groups excluding carboxylic acids is 1. The minimum Gasteiger partial charge on any atom is -0.480 e. The molecule has 0 saturated carbocycles. The topological polar surface area (TPSA) is 104 Å². The van der Waals surface area contributed by atoms with Gasteiger partial charge in [-0.3, -0.25) is 9.52 Å². The first kappa shape index (κ1) is 23.8. The Morgan fingerprint density at radius 1 is 1.03 bits per heavy atom. The molecule has 2 N–H and O–H groups in total. The third-order valence-electron chi connectivity index (χ3n) is 5.74. The van der Waals surface area contributed by atoms with E-state index in [0.717, 1.165) is 16.7 Å². The summed E-state index contributed by atoms with van der Waals surface area (Å²) < 4.78 is 27.7. The average Bonchev–Trinajstić information content (AvgIpc) is 3.09. The van der Waals surface area contributed by atoms with Crippen molar-refractivity contribution in [2.45, 2.75) is 31.3 Å². The molecule has 7 nitrogen and oxygen atoms in total. The number of nitrogens with one attached hydrogen (secondary N) is 1. The van der Waals surface area contributed by atoms with Gasteiger partial charge in [-0.05, 0) is 59.0 Å². The van der Waals surface area contributed by atoms with Crippen LogP contribution in [0.2, 0.25) is 5.02 Å². The Kier molecular flexibility index (Phi) is 6.38. The predicted octanol–water partition coefficient (Wildman–Crippen LogP) is 4.87. The molecule has 0 saturated heterocycles. The van der Waals surface area contributed by atoms with Crippen LogP contribution in [0.15, 0.2) is 71.6 Å². The molecule has 1 amide bonds. The van der Waals surface area contributed by atoms with Crippen LogP contribution < -0.4 is 4.72 Å². The van der Waals surface area contributed by atoms with Gasteiger partial charge in [0.15, 0.2) is 0 Å². The van der Waals surface area contributed by atoms with Crippen molar-refractivity contribution in [3.63, 3.8) is 0 Å². The van der Waals surface area contributed by atoms with Gasteiger partial charge in [0.05, 0.1) is 4.90 Å². The second-order valence-corrected chi connectivity index (χ2v) is 10.6. The average molecular weight is 499 g/mol. The Hall–Kier alpha value is -3.36. The lowest BCUT2D eigenvalue weighted by Gasteiger charge is -2.27. The fraction of sp³-hybridized carbons (Fsp3) is 0.200. The quantitative estimate of drug-likeness (QED) is 0.483. The van der Waals surface area contributed by atoms with E-state index in [-0.39, 0.29) is 23.3 Å². The van der Waals surface area contributed by atoms with E-state index in [1.54, 1.807) is 56.3 Å². The summed E-state index contributed by atoms with van der Waals surface area (Å²) in [4.78, 5) is 26.1. The van der Waals surface area contributed by atoms with E-state index in [9.17, 15) is 23.1 Å². The normalized spacial score (nSPS) is 14.2. The Bertz CT molecular complexity index is 1370. The highest BCUT2D eigenvalue weighted by Crippen LogP contribution is 2.32. The molecule has 0 radical (unpaired) electrons. The van der Waals surface area contributed by atoms with Crippen LogP contribution in [0.5, 0.6) is 0 Å². The maximum Gasteiger partial charge on any atom is 0.326 e. The van der Waals surface area contributed by atoms with Crippen molar-refractivity contribution in [2.75, 3.05) is 4.72 Å². The van der Waals surface area contributed by atoms with Crippen LogP contribution >= 0.6 is 11.6 Å². The number of fused-ring (bicyclic) bond motifs is 1. The molecule has 4 rings (SSSR count). The fourth-order valence-corrected chi connectivity index (χ4v) is 5.44. The van der Waals surface area contributed by atoms with E-state index in [2.05, 4.69) is 4.72 Å². The summed E-state index contributed by atoms with van der Waals surface area (Å²) >= 11 is 5.90. The zero-order valence-electron chi connectivity index (χ0n) is 18.5. The Balaban J connectivity index is 1.55. The van der Waals surface area contributed by atoms with Gasteiger partial charge in [-0.2, -0.15) is 0 Å². The number of carbonyl (C=O) groups is 2. The maximum absolute atomic E-state index is 13.0. The molecule has 176 valence electrons. The number of carboxylic acid groups (broad SMARTS) is 1. The molecule has 0 spiro atoms. The Labute approximate surface area is 203 Å². The molecule has 1 atom stereocenters. The number of halogens is 1. The van der Waals surface area contributed by atoms with Gasteiger partial charge >= 0.3 is 5.97 Å². The first-order valence-electron chi connectivity index (χ1n) is 10.6. The number of benzene rings is 3. The standard InChI is InChI=1S/C25H23ClN2O5S/c1-15(2)23(25(30)31)28-14-18-7-6-17(12-22(18)24(28)29)16-8-10-20(11-9-16)27-34(32,33)21-5-3-4-19(26)13-21/h3-13,15,23,27H,14H2,1-2H3,(H,30,31). The minimum atomic E-state index is -3.79. The van der Waals surface area contributed by atoms with Crippen molar-refractivity contribution in [1.29, 1.82) is 0 Å². The number of aliphatic carboxylic acids is 1. The van der Waals surface area contributed by atoms with Gasteiger partial charge in [-0.25, -0.2) is 13.2 Å². The number of hydrogen-bond acceptors (Lipinski definition) is 4. The lowest BCUT2D eigenvalue weighted by molar-refractivity contribution is -0.144. The van der Waals surface area contributed by atoms with Gasteiger partial charge < -0.3 is 10.0 Å². The van der Waals surface area contributed by atoms with E-state index in [1.807, 2.05) is 12.1 Å². The van der Waals surface area contributed by atoms with E-state index >= 15 is 0 Å². The van der Waals surface area contributed by atoms with E-state index in [0.29, 0.717) is 16.3 Å². The molecule has 1 aliphatic heterocycles. The summed E-state index contributed by atoms with van der Waals surface area (Å²) in [7, 11) is -3.79. The number of sulfonamides is 1. The number of anilines is 1. The van der Waals surface area contributed by atoms with Gasteiger partial charge in [-0.1, -0.05) is 55.8 Å². The van der Waals surface area contributed by atoms with E-state index in [1.165, 1.54) is 17.0 Å². The Morgan fingerprint density at radius 2 is 1.71 bits per heavy atom. The van der Waals surface area contributed by atoms with Crippen molar-refractivity contribution in [3.8, 4) is 11.1 Å². The molecule has 34 heavy (non-hydrogen) atoms. The highest BCUT2D eigenvalue weighted by molar-refractivity contribution is 7.92. The summed E-state index contributed by atoms with van der Waals surface area (Å²) in [5, 5.41) is 9.90. The smallest absolute Gasteiger partial charge is 0.326 e. The second-order valence-electron chi connectivity index (χ2n) is 8.47. The molecular formula is C25H23ClN2O5S. The Morgan fingerprint density at radius 3 is 2.32 bits per heavy atom. The zero-order chi connectivity index (χ0) is 24.6. The molecule has 0 fully saturated rings. The minimum absolute atomic E-state index is 0.0619. The van der Waals surface area contributed by atoms with Crippen LogP contribution in [0, 0.1) is 5.92 Å². The van der Waals surface area contributed by atoms with Crippen LogP contribution in [0.4, 0.5) is 5.69 Å². The lowest BCUT2D eigenvalue weighted by atomic mass is 10.0. The summed E-state index contributed by atoms with van der Waals surface area (Å²) in [5.74, 6) is -1.55. The van der Waals surface area contributed by atoms with Crippen molar-refractivity contribution in [2.24, 2.45) is 5.92 Å². The molecule has 0 aliphatic carbocycles. The number of amides is 1. The molecule has 3 aromatic rings. The number of rotatable bonds is 7. The van der Waals surface area contributed by atoms with Crippen molar-refractivity contribution >= 4 is 39.2 Å². The van der Waals surface area contributed by atoms with Gasteiger partial charge in [0.1, 0.15) is 6.04 Å². The van der Waals surface area contributed by atoms with Crippen LogP contribution in [0.25, 0.3) is 11.1 Å². The maximum atomic E-state index is 13.0. The van der Waals surface area contributed by atoms with Gasteiger partial charge in [0, 0.05) is 22.8 Å². The molecule has 3 aromatic carbocycles. The zero-order valence-corrected chi connectivity index (χ0v) is 20.1. The summed E-state index contributed by atoms with van der Waals surface area (Å²) in [6, 6.07) is 17.3. The summed E-state index contributed by atoms with van der Waals surface area (Å²) in [6.45, 7) is 3.82. The third kappa shape index (κ3) is 4.64. The van der Waals surface area contributed by atoms with Crippen LogP contribution in [0.1, 0.15) is 29.8 Å². The SMILES string of the molecule is CC(C)C(C(=O)O)N1Cc2ccc(-c3ccc(NS(=O)(=O)c4cccc(Cl)c4)cc3)cc2C1=O. The first-order chi connectivity index (χ1) is 16.1. The molecule has 0 bridgehead atoms. The van der Waals surface area contributed by atoms with Gasteiger partial charge in [0.2, 0.25) is 0 Å².